The normalized spacial score (nSPS) is 18.8. The van der Waals surface area contributed by atoms with Gasteiger partial charge in [0, 0.05) is 25.9 Å². The zero-order valence-corrected chi connectivity index (χ0v) is 16.9. The van der Waals surface area contributed by atoms with Crippen LogP contribution in [-0.4, -0.2) is 64.2 Å². The van der Waals surface area contributed by atoms with E-state index in [0.29, 0.717) is 19.7 Å². The van der Waals surface area contributed by atoms with Gasteiger partial charge in [0.05, 0.1) is 30.7 Å². The van der Waals surface area contributed by atoms with Crippen LogP contribution in [0.15, 0.2) is 54.6 Å². The van der Waals surface area contributed by atoms with E-state index in [0.717, 1.165) is 55.1 Å². The maximum absolute atomic E-state index is 12.4. The lowest BCUT2D eigenvalue weighted by Crippen LogP contribution is -2.46. The number of imidazole rings is 1. The van der Waals surface area contributed by atoms with Crippen LogP contribution >= 0.6 is 0 Å². The minimum Gasteiger partial charge on any atom is -0.492 e. The molecule has 156 valence electrons. The molecule has 1 spiro atoms. The molecule has 2 fully saturated rings. The number of benzene rings is 2. The van der Waals surface area contributed by atoms with Crippen molar-refractivity contribution >= 4 is 17.1 Å². The number of hydrogen-bond acceptors (Lipinski definition) is 5. The Bertz CT molecular complexity index is 978. The number of aromatic nitrogens is 2. The smallest absolute Gasteiger partial charge is 0.410 e. The van der Waals surface area contributed by atoms with Gasteiger partial charge < -0.3 is 19.4 Å². The fourth-order valence-corrected chi connectivity index (χ4v) is 4.33. The summed E-state index contributed by atoms with van der Waals surface area (Å²) in [4.78, 5) is 24.6. The topological polar surface area (TPSA) is 70.7 Å². The van der Waals surface area contributed by atoms with Gasteiger partial charge in [0.1, 0.15) is 23.8 Å². The largest absolute Gasteiger partial charge is 0.492 e. The molecule has 0 atom stereocenters. The Balaban J connectivity index is 1.12. The van der Waals surface area contributed by atoms with Crippen LogP contribution in [0.4, 0.5) is 4.79 Å². The predicted octanol–water partition coefficient (Wildman–Crippen LogP) is 3.43. The van der Waals surface area contributed by atoms with Crippen molar-refractivity contribution in [2.45, 2.75) is 25.0 Å². The van der Waals surface area contributed by atoms with Crippen LogP contribution < -0.4 is 4.74 Å². The Hall–Kier alpha value is -3.06. The minimum absolute atomic E-state index is 0.225. The molecule has 2 aromatic carbocycles. The van der Waals surface area contributed by atoms with Crippen LogP contribution in [0.1, 0.15) is 18.7 Å². The number of fused-ring (bicyclic) bond motifs is 1. The highest BCUT2D eigenvalue weighted by Gasteiger charge is 2.46. The van der Waals surface area contributed by atoms with Crippen molar-refractivity contribution < 1.29 is 14.3 Å². The van der Waals surface area contributed by atoms with E-state index in [2.05, 4.69) is 14.9 Å². The summed E-state index contributed by atoms with van der Waals surface area (Å²) >= 11 is 0. The van der Waals surface area contributed by atoms with Crippen LogP contribution in [0.3, 0.4) is 0 Å². The number of H-pyrrole nitrogens is 1. The number of likely N-dealkylation sites (tertiary alicyclic amines) is 1. The van der Waals surface area contributed by atoms with Crippen molar-refractivity contribution in [3.05, 3.63) is 60.4 Å². The molecule has 2 aliphatic rings. The Morgan fingerprint density at radius 1 is 1.07 bits per heavy atom. The second-order valence-corrected chi connectivity index (χ2v) is 8.11. The Morgan fingerprint density at radius 3 is 2.63 bits per heavy atom. The van der Waals surface area contributed by atoms with Gasteiger partial charge in [-0.05, 0) is 24.3 Å². The lowest BCUT2D eigenvalue weighted by atomic mass is 9.91. The average Bonchev–Trinajstić information content (AvgIpc) is 3.31. The van der Waals surface area contributed by atoms with E-state index in [9.17, 15) is 4.79 Å². The van der Waals surface area contributed by atoms with Crippen LogP contribution in [0.25, 0.3) is 11.0 Å². The standard InChI is InChI=1S/C23H26N4O3/c28-22-27(14-15-29-18-6-2-1-3-7-18)17-23(30-22)10-12-26(13-11-23)16-21-24-19-8-4-5-9-20(19)25-21/h1-9H,10-17H2,(H,24,25). The second-order valence-electron chi connectivity index (χ2n) is 8.11. The average molecular weight is 406 g/mol. The van der Waals surface area contributed by atoms with Crippen molar-refractivity contribution in [2.24, 2.45) is 0 Å². The van der Waals surface area contributed by atoms with Gasteiger partial charge in [-0.1, -0.05) is 30.3 Å². The minimum atomic E-state index is -0.367. The SMILES string of the molecule is O=C1OC2(CCN(Cc3nc4ccccc4[nH]3)CC2)CN1CCOc1ccccc1. The predicted molar refractivity (Wildman–Crippen MR) is 113 cm³/mol. The molecular formula is C23H26N4O3. The number of carbonyl (C=O) groups is 1. The number of piperidine rings is 1. The number of para-hydroxylation sites is 3. The van der Waals surface area contributed by atoms with Gasteiger partial charge in [0.15, 0.2) is 0 Å². The summed E-state index contributed by atoms with van der Waals surface area (Å²) in [5, 5.41) is 0. The van der Waals surface area contributed by atoms with E-state index in [1.165, 1.54) is 0 Å². The van der Waals surface area contributed by atoms with Gasteiger partial charge in [0.2, 0.25) is 0 Å². The number of amides is 1. The summed E-state index contributed by atoms with van der Waals surface area (Å²) in [5.41, 5.74) is 1.70. The van der Waals surface area contributed by atoms with Crippen LogP contribution in [0, 0.1) is 0 Å². The molecule has 3 heterocycles. The van der Waals surface area contributed by atoms with Crippen LogP contribution in [0.5, 0.6) is 5.75 Å². The molecule has 7 nitrogen and oxygen atoms in total. The van der Waals surface area contributed by atoms with Crippen molar-refractivity contribution in [1.29, 1.82) is 0 Å². The zero-order valence-electron chi connectivity index (χ0n) is 16.9. The van der Waals surface area contributed by atoms with E-state index >= 15 is 0 Å². The van der Waals surface area contributed by atoms with Gasteiger partial charge in [-0.15, -0.1) is 0 Å². The molecule has 0 bridgehead atoms. The van der Waals surface area contributed by atoms with Crippen molar-refractivity contribution in [3.8, 4) is 5.75 Å². The van der Waals surface area contributed by atoms with Crippen LogP contribution in [0.2, 0.25) is 0 Å². The second kappa shape index (κ2) is 7.99. The van der Waals surface area contributed by atoms with Gasteiger partial charge in [-0.2, -0.15) is 0 Å². The molecule has 5 rings (SSSR count). The summed E-state index contributed by atoms with van der Waals surface area (Å²) in [6.45, 7) is 4.21. The van der Waals surface area contributed by atoms with E-state index < -0.39 is 0 Å². The Labute approximate surface area is 175 Å². The van der Waals surface area contributed by atoms with Crippen molar-refractivity contribution in [1.82, 2.24) is 19.8 Å². The number of nitrogens with zero attached hydrogens (tertiary/aromatic N) is 3. The molecule has 0 radical (unpaired) electrons. The molecule has 0 unspecified atom stereocenters. The van der Waals surface area contributed by atoms with E-state index in [1.807, 2.05) is 54.6 Å². The maximum atomic E-state index is 12.4. The fraction of sp³-hybridized carbons (Fsp3) is 0.391. The monoisotopic (exact) mass is 406 g/mol. The van der Waals surface area contributed by atoms with E-state index in [1.54, 1.807) is 4.90 Å². The third kappa shape index (κ3) is 3.98. The number of carbonyl (C=O) groups excluding carboxylic acids is 1. The lowest BCUT2D eigenvalue weighted by molar-refractivity contribution is -0.00174. The summed E-state index contributed by atoms with van der Waals surface area (Å²) in [6, 6.07) is 17.8. The number of aromatic amines is 1. The maximum Gasteiger partial charge on any atom is 0.410 e. The molecule has 0 saturated carbocycles. The van der Waals surface area contributed by atoms with Gasteiger partial charge in [-0.3, -0.25) is 4.90 Å². The quantitative estimate of drug-likeness (QED) is 0.679. The number of nitrogens with one attached hydrogen (secondary N) is 1. The van der Waals surface area contributed by atoms with Gasteiger partial charge in [0.25, 0.3) is 0 Å². The highest BCUT2D eigenvalue weighted by Crippen LogP contribution is 2.33. The molecular weight excluding hydrogens is 380 g/mol. The molecule has 7 heteroatoms. The van der Waals surface area contributed by atoms with E-state index in [-0.39, 0.29) is 11.7 Å². The number of ether oxygens (including phenoxy) is 2. The summed E-state index contributed by atoms with van der Waals surface area (Å²) in [6.07, 6.45) is 1.46. The first kappa shape index (κ1) is 18.9. The molecule has 30 heavy (non-hydrogen) atoms. The molecule has 1 aromatic heterocycles. The zero-order chi connectivity index (χ0) is 20.4. The van der Waals surface area contributed by atoms with Crippen LogP contribution in [-0.2, 0) is 11.3 Å². The highest BCUT2D eigenvalue weighted by atomic mass is 16.6. The molecule has 0 aliphatic carbocycles. The third-order valence-corrected chi connectivity index (χ3v) is 5.99. The van der Waals surface area contributed by atoms with Gasteiger partial charge in [-0.25, -0.2) is 9.78 Å². The number of hydrogen-bond donors (Lipinski definition) is 1. The molecule has 1 N–H and O–H groups in total. The molecule has 2 saturated heterocycles. The highest BCUT2D eigenvalue weighted by molar-refractivity contribution is 5.74. The first-order valence-electron chi connectivity index (χ1n) is 10.5. The molecule has 1 amide bonds. The number of rotatable bonds is 6. The summed E-state index contributed by atoms with van der Waals surface area (Å²) in [7, 11) is 0. The van der Waals surface area contributed by atoms with E-state index in [4.69, 9.17) is 9.47 Å². The summed E-state index contributed by atoms with van der Waals surface area (Å²) < 4.78 is 11.6. The molecule has 3 aromatic rings. The third-order valence-electron chi connectivity index (χ3n) is 5.99. The molecule has 2 aliphatic heterocycles. The first-order valence-corrected chi connectivity index (χ1v) is 10.5. The lowest BCUT2D eigenvalue weighted by Gasteiger charge is -2.37. The Morgan fingerprint density at radius 2 is 1.83 bits per heavy atom. The van der Waals surface area contributed by atoms with Crippen molar-refractivity contribution in [2.75, 3.05) is 32.8 Å². The van der Waals surface area contributed by atoms with Crippen molar-refractivity contribution in [3.63, 3.8) is 0 Å². The Kier molecular flexibility index (Phi) is 5.04. The fourth-order valence-electron chi connectivity index (χ4n) is 4.33. The summed E-state index contributed by atoms with van der Waals surface area (Å²) in [5.74, 6) is 1.80. The first-order chi connectivity index (χ1) is 14.7. The van der Waals surface area contributed by atoms with Gasteiger partial charge >= 0.3 is 6.09 Å².